The van der Waals surface area contributed by atoms with Crippen molar-refractivity contribution in [3.05, 3.63) is 11.8 Å². The molecule has 0 heterocycles. The molecule has 0 saturated heterocycles. The van der Waals surface area contributed by atoms with E-state index in [2.05, 4.69) is 10.6 Å². The first kappa shape index (κ1) is 16.5. The van der Waals surface area contributed by atoms with Crippen molar-refractivity contribution in [1.29, 1.82) is 5.26 Å². The normalized spacial score (nSPS) is 11.8. The van der Waals surface area contributed by atoms with Crippen molar-refractivity contribution in [1.82, 2.24) is 10.6 Å². The van der Waals surface area contributed by atoms with Crippen molar-refractivity contribution in [3.8, 4) is 6.07 Å². The van der Waals surface area contributed by atoms with E-state index < -0.39 is 0 Å². The van der Waals surface area contributed by atoms with Crippen LogP contribution >= 0.6 is 0 Å². The molecule has 0 saturated carbocycles. The van der Waals surface area contributed by atoms with Crippen molar-refractivity contribution in [2.75, 3.05) is 13.2 Å². The summed E-state index contributed by atoms with van der Waals surface area (Å²) in [6.45, 7) is 6.48. The van der Waals surface area contributed by atoms with Crippen molar-refractivity contribution in [2.24, 2.45) is 0 Å². The van der Waals surface area contributed by atoms with Crippen LogP contribution in [0.3, 0.4) is 0 Å². The fourth-order valence-corrected chi connectivity index (χ4v) is 1.25. The van der Waals surface area contributed by atoms with Gasteiger partial charge in [0.2, 0.25) is 0 Å². The van der Waals surface area contributed by atoms with E-state index in [1.165, 1.54) is 6.20 Å². The summed E-state index contributed by atoms with van der Waals surface area (Å²) in [6, 6.07) is 1.87. The Balaban J connectivity index is 4.09. The van der Waals surface area contributed by atoms with Crippen LogP contribution in [0.4, 0.5) is 0 Å². The Kier molecular flexibility index (Phi) is 7.81. The van der Waals surface area contributed by atoms with Gasteiger partial charge in [0.15, 0.2) is 0 Å². The van der Waals surface area contributed by atoms with Gasteiger partial charge in [-0.15, -0.1) is 0 Å². The fourth-order valence-electron chi connectivity index (χ4n) is 1.25. The van der Waals surface area contributed by atoms with Gasteiger partial charge in [-0.3, -0.25) is 4.79 Å². The van der Waals surface area contributed by atoms with Crippen LogP contribution in [-0.4, -0.2) is 29.7 Å². The van der Waals surface area contributed by atoms with Crippen LogP contribution in [0.1, 0.15) is 40.0 Å². The number of hydrogen-bond acceptors (Lipinski definition) is 4. The molecule has 0 bridgehead atoms. The zero-order chi connectivity index (χ0) is 14.0. The highest BCUT2D eigenvalue weighted by Gasteiger charge is 2.16. The SMILES string of the molecule is CC(C)(C)NC(=O)/C(C#N)=C\NCCCCCO. The highest BCUT2D eigenvalue weighted by atomic mass is 16.2. The highest BCUT2D eigenvalue weighted by molar-refractivity contribution is 5.97. The smallest absolute Gasteiger partial charge is 0.263 e. The minimum atomic E-state index is -0.368. The van der Waals surface area contributed by atoms with E-state index in [4.69, 9.17) is 10.4 Å². The average Bonchev–Trinajstić information content (AvgIpc) is 2.25. The van der Waals surface area contributed by atoms with E-state index in [9.17, 15) is 4.79 Å². The topological polar surface area (TPSA) is 85.2 Å². The molecule has 0 unspecified atom stereocenters. The molecule has 0 aromatic heterocycles. The minimum absolute atomic E-state index is 0.0760. The number of amides is 1. The van der Waals surface area contributed by atoms with Gasteiger partial charge in [-0.25, -0.2) is 0 Å². The van der Waals surface area contributed by atoms with Gasteiger partial charge >= 0.3 is 0 Å². The number of aliphatic hydroxyl groups excluding tert-OH is 1. The van der Waals surface area contributed by atoms with Crippen molar-refractivity contribution >= 4 is 5.91 Å². The Morgan fingerprint density at radius 1 is 1.33 bits per heavy atom. The molecule has 0 rings (SSSR count). The summed E-state index contributed by atoms with van der Waals surface area (Å²) in [5, 5.41) is 23.1. The summed E-state index contributed by atoms with van der Waals surface area (Å²) in [5.74, 6) is -0.368. The fraction of sp³-hybridized carbons (Fsp3) is 0.692. The van der Waals surface area contributed by atoms with E-state index in [1.807, 2.05) is 26.8 Å². The molecule has 0 atom stereocenters. The number of carbonyl (C=O) groups is 1. The third-order valence-corrected chi connectivity index (χ3v) is 2.08. The van der Waals surface area contributed by atoms with Crippen LogP contribution in [0.2, 0.25) is 0 Å². The molecule has 5 nitrogen and oxygen atoms in total. The van der Waals surface area contributed by atoms with E-state index in [-0.39, 0.29) is 23.6 Å². The van der Waals surface area contributed by atoms with Crippen molar-refractivity contribution in [3.63, 3.8) is 0 Å². The minimum Gasteiger partial charge on any atom is -0.396 e. The molecular formula is C13H23N3O2. The highest BCUT2D eigenvalue weighted by Crippen LogP contribution is 2.01. The molecule has 0 fully saturated rings. The maximum Gasteiger partial charge on any atom is 0.263 e. The first-order valence-electron chi connectivity index (χ1n) is 6.17. The number of nitrogens with zero attached hydrogens (tertiary/aromatic N) is 1. The van der Waals surface area contributed by atoms with Crippen molar-refractivity contribution in [2.45, 2.75) is 45.6 Å². The largest absolute Gasteiger partial charge is 0.396 e. The van der Waals surface area contributed by atoms with Gasteiger partial charge < -0.3 is 15.7 Å². The predicted octanol–water partition coefficient (Wildman–Crippen LogP) is 1.06. The van der Waals surface area contributed by atoms with E-state index in [0.29, 0.717) is 6.54 Å². The molecular weight excluding hydrogens is 230 g/mol. The third-order valence-electron chi connectivity index (χ3n) is 2.08. The van der Waals surface area contributed by atoms with Gasteiger partial charge in [0.25, 0.3) is 5.91 Å². The van der Waals surface area contributed by atoms with Gasteiger partial charge in [-0.2, -0.15) is 5.26 Å². The second kappa shape index (κ2) is 8.54. The zero-order valence-electron chi connectivity index (χ0n) is 11.4. The molecule has 102 valence electrons. The van der Waals surface area contributed by atoms with Crippen LogP contribution in [0.15, 0.2) is 11.8 Å². The summed E-state index contributed by atoms with van der Waals surface area (Å²) < 4.78 is 0. The monoisotopic (exact) mass is 253 g/mol. The second-order valence-electron chi connectivity index (χ2n) is 5.11. The lowest BCUT2D eigenvalue weighted by molar-refractivity contribution is -0.118. The predicted molar refractivity (Wildman–Crippen MR) is 70.5 cm³/mol. The van der Waals surface area contributed by atoms with E-state index >= 15 is 0 Å². The number of unbranched alkanes of at least 4 members (excludes halogenated alkanes) is 2. The number of rotatable bonds is 7. The Morgan fingerprint density at radius 3 is 2.50 bits per heavy atom. The first-order valence-corrected chi connectivity index (χ1v) is 6.17. The second-order valence-corrected chi connectivity index (χ2v) is 5.11. The van der Waals surface area contributed by atoms with Crippen LogP contribution in [-0.2, 0) is 4.79 Å². The number of nitrogens with one attached hydrogen (secondary N) is 2. The van der Waals surface area contributed by atoms with Gasteiger partial charge in [-0.1, -0.05) is 0 Å². The van der Waals surface area contributed by atoms with Crippen LogP contribution in [0, 0.1) is 11.3 Å². The molecule has 18 heavy (non-hydrogen) atoms. The maximum absolute atomic E-state index is 11.7. The summed E-state index contributed by atoms with van der Waals surface area (Å²) in [7, 11) is 0. The van der Waals surface area contributed by atoms with E-state index in [1.54, 1.807) is 0 Å². The van der Waals surface area contributed by atoms with Gasteiger partial charge in [0.05, 0.1) is 0 Å². The van der Waals surface area contributed by atoms with Gasteiger partial charge in [-0.05, 0) is 40.0 Å². The lowest BCUT2D eigenvalue weighted by Gasteiger charge is -2.20. The Labute approximate surface area is 109 Å². The molecule has 3 N–H and O–H groups in total. The number of nitriles is 1. The zero-order valence-corrected chi connectivity index (χ0v) is 11.4. The summed E-state index contributed by atoms with van der Waals surface area (Å²) in [6.07, 6.45) is 4.05. The van der Waals surface area contributed by atoms with Gasteiger partial charge in [0, 0.05) is 24.9 Å². The molecule has 0 aliphatic heterocycles. The Morgan fingerprint density at radius 2 is 2.00 bits per heavy atom. The summed E-state index contributed by atoms with van der Waals surface area (Å²) >= 11 is 0. The lowest BCUT2D eigenvalue weighted by Crippen LogP contribution is -2.41. The summed E-state index contributed by atoms with van der Waals surface area (Å²) in [5.41, 5.74) is -0.277. The molecule has 0 radical (unpaired) electrons. The summed E-state index contributed by atoms with van der Waals surface area (Å²) in [4.78, 5) is 11.7. The Hall–Kier alpha value is -1.54. The number of carbonyl (C=O) groups excluding carboxylic acids is 1. The molecule has 5 heteroatoms. The first-order chi connectivity index (χ1) is 8.40. The third kappa shape index (κ3) is 8.59. The standard InChI is InChI=1S/C13H23N3O2/c1-13(2,3)16-12(18)11(9-14)10-15-7-5-4-6-8-17/h10,15,17H,4-8H2,1-3H3,(H,16,18)/b11-10-. The molecule has 1 amide bonds. The number of aliphatic hydroxyl groups is 1. The maximum atomic E-state index is 11.7. The molecule has 0 aromatic rings. The average molecular weight is 253 g/mol. The van der Waals surface area contributed by atoms with Crippen molar-refractivity contribution < 1.29 is 9.90 Å². The molecule has 0 aliphatic carbocycles. The lowest BCUT2D eigenvalue weighted by atomic mass is 10.1. The van der Waals surface area contributed by atoms with Gasteiger partial charge in [0.1, 0.15) is 11.6 Å². The van der Waals surface area contributed by atoms with Crippen LogP contribution in [0.5, 0.6) is 0 Å². The van der Waals surface area contributed by atoms with E-state index in [0.717, 1.165) is 19.3 Å². The molecule has 0 aliphatic rings. The van der Waals surface area contributed by atoms with Crippen LogP contribution in [0.25, 0.3) is 0 Å². The van der Waals surface area contributed by atoms with Crippen LogP contribution < -0.4 is 10.6 Å². The number of hydrogen-bond donors (Lipinski definition) is 3. The Bertz CT molecular complexity index is 324. The molecule has 0 aromatic carbocycles. The quantitative estimate of drug-likeness (QED) is 0.360. The molecule has 0 spiro atoms.